The fourth-order valence-corrected chi connectivity index (χ4v) is 1.77. The minimum Gasteiger partial charge on any atom is -0.478 e. The van der Waals surface area contributed by atoms with E-state index in [0.29, 0.717) is 11.4 Å². The third-order valence-corrected chi connectivity index (χ3v) is 2.77. The van der Waals surface area contributed by atoms with Crippen molar-refractivity contribution in [2.75, 3.05) is 5.32 Å². The Morgan fingerprint density at radius 3 is 2.50 bits per heavy atom. The summed E-state index contributed by atoms with van der Waals surface area (Å²) in [5, 5.41) is 14.2. The zero-order chi connectivity index (χ0) is 15.9. The van der Waals surface area contributed by atoms with Gasteiger partial charge in [-0.25, -0.2) is 4.79 Å². The Morgan fingerprint density at radius 1 is 1.18 bits per heavy atom. The molecule has 3 N–H and O–H groups in total. The minimum atomic E-state index is -1.01. The molecule has 0 fully saturated rings. The molecule has 7 heteroatoms. The van der Waals surface area contributed by atoms with Gasteiger partial charge < -0.3 is 14.8 Å². The van der Waals surface area contributed by atoms with Crippen molar-refractivity contribution in [3.8, 4) is 0 Å². The van der Waals surface area contributed by atoms with E-state index in [4.69, 9.17) is 21.7 Å². The van der Waals surface area contributed by atoms with Crippen LogP contribution < -0.4 is 10.6 Å². The Bertz CT molecular complexity index is 706. The van der Waals surface area contributed by atoms with E-state index in [1.165, 1.54) is 30.5 Å². The van der Waals surface area contributed by atoms with Crippen molar-refractivity contribution in [1.82, 2.24) is 5.32 Å². The maximum Gasteiger partial charge on any atom is 0.335 e. The SMILES string of the molecule is O=C(/C=C/c1ccco1)NC(=S)Nc1ccc(C(=O)O)cc1. The lowest BCUT2D eigenvalue weighted by atomic mass is 10.2. The fourth-order valence-electron chi connectivity index (χ4n) is 1.56. The van der Waals surface area contributed by atoms with Gasteiger partial charge in [0.25, 0.3) is 0 Å². The minimum absolute atomic E-state index is 0.108. The Morgan fingerprint density at radius 2 is 1.91 bits per heavy atom. The molecule has 0 aliphatic rings. The van der Waals surface area contributed by atoms with Gasteiger partial charge in [-0.15, -0.1) is 0 Å². The van der Waals surface area contributed by atoms with Crippen molar-refractivity contribution < 1.29 is 19.1 Å². The molecule has 0 saturated carbocycles. The quantitative estimate of drug-likeness (QED) is 0.593. The van der Waals surface area contributed by atoms with Crippen molar-refractivity contribution in [3.63, 3.8) is 0 Å². The number of nitrogens with one attached hydrogen (secondary N) is 2. The number of rotatable bonds is 4. The molecule has 0 aliphatic carbocycles. The fraction of sp³-hybridized carbons (Fsp3) is 0. The standard InChI is InChI=1S/C15H12N2O4S/c18-13(8-7-12-2-1-9-21-12)17-15(22)16-11-5-3-10(4-6-11)14(19)20/h1-9H,(H,19,20)(H2,16,17,18,22)/b8-7+. The Balaban J connectivity index is 1.87. The van der Waals surface area contributed by atoms with Crippen molar-refractivity contribution in [2.45, 2.75) is 0 Å². The number of carbonyl (C=O) groups is 2. The Hall–Kier alpha value is -2.93. The number of anilines is 1. The lowest BCUT2D eigenvalue weighted by Gasteiger charge is -2.08. The summed E-state index contributed by atoms with van der Waals surface area (Å²) in [7, 11) is 0. The highest BCUT2D eigenvalue weighted by Gasteiger charge is 2.04. The second kappa shape index (κ2) is 7.19. The lowest BCUT2D eigenvalue weighted by Crippen LogP contribution is -2.32. The molecule has 0 aliphatic heterocycles. The van der Waals surface area contributed by atoms with Gasteiger partial charge in [-0.3, -0.25) is 10.1 Å². The first-order valence-corrected chi connectivity index (χ1v) is 6.62. The van der Waals surface area contributed by atoms with Gasteiger partial charge in [0.15, 0.2) is 5.11 Å². The number of carboxylic acid groups (broad SMARTS) is 1. The molecule has 0 bridgehead atoms. The number of furan rings is 1. The summed E-state index contributed by atoms with van der Waals surface area (Å²) in [5.41, 5.74) is 0.743. The van der Waals surface area contributed by atoms with Gasteiger partial charge in [0.2, 0.25) is 5.91 Å². The molecule has 0 spiro atoms. The van der Waals surface area contributed by atoms with Crippen LogP contribution in [0, 0.1) is 0 Å². The predicted molar refractivity (Wildman–Crippen MR) is 85.5 cm³/mol. The van der Waals surface area contributed by atoms with E-state index >= 15 is 0 Å². The molecule has 0 radical (unpaired) electrons. The van der Waals surface area contributed by atoms with Gasteiger partial charge in [0.05, 0.1) is 11.8 Å². The van der Waals surface area contributed by atoms with Gasteiger partial charge in [0, 0.05) is 11.8 Å². The van der Waals surface area contributed by atoms with E-state index in [-0.39, 0.29) is 10.7 Å². The van der Waals surface area contributed by atoms with Crippen LogP contribution in [0.5, 0.6) is 0 Å². The third-order valence-electron chi connectivity index (χ3n) is 2.57. The summed E-state index contributed by atoms with van der Waals surface area (Å²) in [4.78, 5) is 22.4. The van der Waals surface area contributed by atoms with Crippen molar-refractivity contribution >= 4 is 41.0 Å². The normalized spacial score (nSPS) is 10.4. The topological polar surface area (TPSA) is 91.6 Å². The van der Waals surface area contributed by atoms with Crippen LogP contribution in [0.3, 0.4) is 0 Å². The molecule has 2 aromatic rings. The van der Waals surface area contributed by atoms with Crippen LogP contribution in [0.25, 0.3) is 6.08 Å². The largest absolute Gasteiger partial charge is 0.478 e. The number of carboxylic acids is 1. The van der Waals surface area contributed by atoms with Crippen molar-refractivity contribution in [1.29, 1.82) is 0 Å². The number of hydrogen-bond acceptors (Lipinski definition) is 4. The van der Waals surface area contributed by atoms with Crippen molar-refractivity contribution in [2.24, 2.45) is 0 Å². The summed E-state index contributed by atoms with van der Waals surface area (Å²) in [6.45, 7) is 0. The van der Waals surface area contributed by atoms with E-state index in [1.807, 2.05) is 0 Å². The molecule has 1 amide bonds. The van der Waals surface area contributed by atoms with Crippen LogP contribution in [-0.2, 0) is 4.79 Å². The van der Waals surface area contributed by atoms with Crippen LogP contribution in [0.4, 0.5) is 5.69 Å². The van der Waals surface area contributed by atoms with Gasteiger partial charge in [-0.05, 0) is 54.7 Å². The summed E-state index contributed by atoms with van der Waals surface area (Å²) in [6, 6.07) is 9.41. The molecule has 2 rings (SSSR count). The van der Waals surface area contributed by atoms with Gasteiger partial charge >= 0.3 is 5.97 Å². The number of amides is 1. The lowest BCUT2D eigenvalue weighted by molar-refractivity contribution is -0.115. The molecule has 22 heavy (non-hydrogen) atoms. The molecule has 112 valence electrons. The maximum atomic E-state index is 11.6. The summed E-state index contributed by atoms with van der Waals surface area (Å²) < 4.78 is 5.05. The number of benzene rings is 1. The molecule has 1 aromatic heterocycles. The first kappa shape index (κ1) is 15.5. The molecular formula is C15H12N2O4S. The smallest absolute Gasteiger partial charge is 0.335 e. The highest BCUT2D eigenvalue weighted by atomic mass is 32.1. The highest BCUT2D eigenvalue weighted by molar-refractivity contribution is 7.80. The van der Waals surface area contributed by atoms with Crippen LogP contribution in [-0.4, -0.2) is 22.1 Å². The second-order valence-corrected chi connectivity index (χ2v) is 4.58. The van der Waals surface area contributed by atoms with Crippen molar-refractivity contribution in [3.05, 3.63) is 60.1 Å². The summed E-state index contributed by atoms with van der Waals surface area (Å²) in [6.07, 6.45) is 4.31. The van der Waals surface area contributed by atoms with Gasteiger partial charge in [0.1, 0.15) is 5.76 Å². The van der Waals surface area contributed by atoms with E-state index in [0.717, 1.165) is 0 Å². The van der Waals surface area contributed by atoms with E-state index in [2.05, 4.69) is 10.6 Å². The number of thiocarbonyl (C=S) groups is 1. The predicted octanol–water partition coefficient (Wildman–Crippen LogP) is 2.50. The molecule has 6 nitrogen and oxygen atoms in total. The van der Waals surface area contributed by atoms with E-state index < -0.39 is 11.9 Å². The van der Waals surface area contributed by atoms with Crippen LogP contribution in [0.1, 0.15) is 16.1 Å². The number of hydrogen-bond donors (Lipinski definition) is 3. The van der Waals surface area contributed by atoms with Crippen LogP contribution in [0.15, 0.2) is 53.2 Å². The molecule has 0 atom stereocenters. The van der Waals surface area contributed by atoms with Gasteiger partial charge in [-0.1, -0.05) is 0 Å². The monoisotopic (exact) mass is 316 g/mol. The Kier molecular flexibility index (Phi) is 5.05. The molecule has 0 unspecified atom stereocenters. The first-order chi connectivity index (χ1) is 10.5. The van der Waals surface area contributed by atoms with E-state index in [9.17, 15) is 9.59 Å². The first-order valence-electron chi connectivity index (χ1n) is 6.21. The Labute approximate surface area is 131 Å². The average molecular weight is 316 g/mol. The second-order valence-electron chi connectivity index (χ2n) is 4.17. The molecule has 0 saturated heterocycles. The number of aromatic carboxylic acids is 1. The maximum absolute atomic E-state index is 11.6. The van der Waals surface area contributed by atoms with Crippen LogP contribution in [0.2, 0.25) is 0 Å². The summed E-state index contributed by atoms with van der Waals surface area (Å²) >= 11 is 4.99. The molecule has 1 heterocycles. The highest BCUT2D eigenvalue weighted by Crippen LogP contribution is 2.09. The third kappa shape index (κ3) is 4.57. The molecular weight excluding hydrogens is 304 g/mol. The molecule has 1 aromatic carbocycles. The zero-order valence-corrected chi connectivity index (χ0v) is 12.1. The zero-order valence-electron chi connectivity index (χ0n) is 11.3. The average Bonchev–Trinajstić information content (AvgIpc) is 2.99. The number of carbonyl (C=O) groups excluding carboxylic acids is 1. The van der Waals surface area contributed by atoms with Gasteiger partial charge in [-0.2, -0.15) is 0 Å². The van der Waals surface area contributed by atoms with Crippen LogP contribution >= 0.6 is 12.2 Å². The summed E-state index contributed by atoms with van der Waals surface area (Å²) in [5.74, 6) is -0.861. The van der Waals surface area contributed by atoms with E-state index in [1.54, 1.807) is 24.3 Å².